The van der Waals surface area contributed by atoms with Gasteiger partial charge in [-0.3, -0.25) is 0 Å². The molecule has 0 bridgehead atoms. The normalized spacial score (nSPS) is 29.8. The molecule has 0 saturated carbocycles. The minimum atomic E-state index is -1.28. The van der Waals surface area contributed by atoms with Crippen molar-refractivity contribution in [3.8, 4) is 0 Å². The summed E-state index contributed by atoms with van der Waals surface area (Å²) in [5.41, 5.74) is 0. The van der Waals surface area contributed by atoms with E-state index in [1.54, 1.807) is 6.92 Å². The van der Waals surface area contributed by atoms with Crippen LogP contribution in [0.2, 0.25) is 0 Å². The molecule has 0 aromatic rings. The predicted octanol–water partition coefficient (Wildman–Crippen LogP) is -0.646. The summed E-state index contributed by atoms with van der Waals surface area (Å²) >= 11 is 0. The van der Waals surface area contributed by atoms with Crippen molar-refractivity contribution in [1.29, 1.82) is 0 Å². The fourth-order valence-electron chi connectivity index (χ4n) is 1.08. The molecule has 1 heterocycles. The first-order valence-corrected chi connectivity index (χ1v) is 4.00. The second-order valence-electron chi connectivity index (χ2n) is 2.54. The zero-order chi connectivity index (χ0) is 8.97. The van der Waals surface area contributed by atoms with Crippen molar-refractivity contribution >= 4 is 6.09 Å². The molecule has 70 valence electrons. The van der Waals surface area contributed by atoms with Gasteiger partial charge in [-0.25, -0.2) is 4.90 Å². The van der Waals surface area contributed by atoms with E-state index in [1.165, 1.54) is 0 Å². The summed E-state index contributed by atoms with van der Waals surface area (Å²) in [4.78, 5) is 11.3. The largest absolute Gasteiger partial charge is 0.516 e. The lowest BCUT2D eigenvalue weighted by Gasteiger charge is -2.23. The summed E-state index contributed by atoms with van der Waals surface area (Å²) in [7, 11) is 0. The van der Waals surface area contributed by atoms with Gasteiger partial charge in [0, 0.05) is 0 Å². The number of hydrogen-bond donors (Lipinski definition) is 1. The maximum Gasteiger partial charge on any atom is 0.516 e. The van der Waals surface area contributed by atoms with Gasteiger partial charge >= 0.3 is 6.09 Å². The van der Waals surface area contributed by atoms with E-state index < -0.39 is 12.4 Å². The molecule has 1 aliphatic heterocycles. The van der Waals surface area contributed by atoms with Gasteiger partial charge in [-0.1, -0.05) is 0 Å². The van der Waals surface area contributed by atoms with Crippen molar-refractivity contribution in [3.05, 3.63) is 0 Å². The van der Waals surface area contributed by atoms with Gasteiger partial charge < -0.3 is 9.47 Å². The van der Waals surface area contributed by atoms with Crippen molar-refractivity contribution in [2.75, 3.05) is 26.4 Å². The molecule has 0 aromatic carbocycles. The van der Waals surface area contributed by atoms with E-state index >= 15 is 0 Å². The molecule has 1 saturated heterocycles. The molecule has 4 nitrogen and oxygen atoms in total. The number of carbonyl (C=O) groups is 1. The van der Waals surface area contributed by atoms with Crippen LogP contribution in [0.5, 0.6) is 0 Å². The lowest BCUT2D eigenvalue weighted by molar-refractivity contribution is -0.878. The number of amides is 1. The maximum absolute atomic E-state index is 13.0. The van der Waals surface area contributed by atoms with Crippen LogP contribution in [-0.2, 0) is 9.47 Å². The average Bonchev–Trinajstić information content (AvgIpc) is 2.05. The molecule has 0 spiro atoms. The summed E-state index contributed by atoms with van der Waals surface area (Å²) in [5.74, 6) is 0. The fraction of sp³-hybridized carbons (Fsp3) is 0.857. The number of hydrogen-bond acceptors (Lipinski definition) is 3. The Kier molecular flexibility index (Phi) is 3.43. The lowest BCUT2D eigenvalue weighted by atomic mass is 10.4. The van der Waals surface area contributed by atoms with E-state index in [0.29, 0.717) is 13.2 Å². The first-order chi connectivity index (χ1) is 5.75. The molecule has 1 aliphatic rings. The van der Waals surface area contributed by atoms with Crippen LogP contribution in [0.4, 0.5) is 9.18 Å². The second-order valence-corrected chi connectivity index (χ2v) is 2.54. The third-order valence-electron chi connectivity index (χ3n) is 1.70. The van der Waals surface area contributed by atoms with Crippen LogP contribution in [0, 0.1) is 0 Å². The first-order valence-electron chi connectivity index (χ1n) is 4.00. The highest BCUT2D eigenvalue weighted by Crippen LogP contribution is 1.89. The van der Waals surface area contributed by atoms with Crippen molar-refractivity contribution in [2.45, 2.75) is 13.2 Å². The molecule has 1 fully saturated rings. The Labute approximate surface area is 70.2 Å². The Morgan fingerprint density at radius 3 is 3.17 bits per heavy atom. The number of alkyl carbamates (subject to hydrolysis) is 2. The highest BCUT2D eigenvalue weighted by Gasteiger charge is 2.33. The number of alkyl halides is 1. The first kappa shape index (κ1) is 9.41. The smallest absolute Gasteiger partial charge is 0.420 e. The Morgan fingerprint density at radius 2 is 2.58 bits per heavy atom. The molecule has 5 heteroatoms. The zero-order valence-corrected chi connectivity index (χ0v) is 7.01. The summed E-state index contributed by atoms with van der Waals surface area (Å²) in [5, 5.41) is 0. The second kappa shape index (κ2) is 4.37. The lowest BCUT2D eigenvalue weighted by Crippen LogP contribution is -3.19. The van der Waals surface area contributed by atoms with Crippen LogP contribution in [0.3, 0.4) is 0 Å². The zero-order valence-electron chi connectivity index (χ0n) is 7.01. The number of quaternary nitrogens is 1. The third kappa shape index (κ3) is 2.15. The summed E-state index contributed by atoms with van der Waals surface area (Å²) in [6, 6.07) is 0. The molecule has 2 atom stereocenters. The van der Waals surface area contributed by atoms with Gasteiger partial charge in [0.1, 0.15) is 13.2 Å². The molecule has 12 heavy (non-hydrogen) atoms. The number of carbonyl (C=O) groups excluding carboxylic acids is 1. The van der Waals surface area contributed by atoms with E-state index in [2.05, 4.69) is 4.74 Å². The van der Waals surface area contributed by atoms with E-state index in [1.807, 2.05) is 0 Å². The molecule has 0 aromatic heterocycles. The SMILES string of the molecule is CCOC(=O)[NH+]1CCOCC1F. The quantitative estimate of drug-likeness (QED) is 0.542. The van der Waals surface area contributed by atoms with Crippen molar-refractivity contribution < 1.29 is 23.6 Å². The third-order valence-corrected chi connectivity index (χ3v) is 1.70. The monoisotopic (exact) mass is 178 g/mol. The number of morpholine rings is 1. The maximum atomic E-state index is 13.0. The summed E-state index contributed by atoms with van der Waals surface area (Å²) in [6.07, 6.45) is -1.80. The van der Waals surface area contributed by atoms with E-state index in [-0.39, 0.29) is 18.1 Å². The average molecular weight is 178 g/mol. The van der Waals surface area contributed by atoms with Crippen molar-refractivity contribution in [1.82, 2.24) is 0 Å². The van der Waals surface area contributed by atoms with E-state index in [9.17, 15) is 9.18 Å². The van der Waals surface area contributed by atoms with Gasteiger partial charge in [-0.05, 0) is 6.92 Å². The molecule has 0 radical (unpaired) electrons. The molecule has 1 N–H and O–H groups in total. The van der Waals surface area contributed by atoms with Crippen LogP contribution in [0.15, 0.2) is 0 Å². The Balaban J connectivity index is 2.42. The van der Waals surface area contributed by atoms with Crippen molar-refractivity contribution in [3.63, 3.8) is 0 Å². The predicted molar refractivity (Wildman–Crippen MR) is 38.6 cm³/mol. The van der Waals surface area contributed by atoms with Crippen LogP contribution in [0.1, 0.15) is 6.92 Å². The van der Waals surface area contributed by atoms with Crippen molar-refractivity contribution in [2.24, 2.45) is 0 Å². The van der Waals surface area contributed by atoms with Gasteiger partial charge in [0.2, 0.25) is 0 Å². The summed E-state index contributed by atoms with van der Waals surface area (Å²) in [6.45, 7) is 2.73. The van der Waals surface area contributed by atoms with Gasteiger partial charge in [0.05, 0.1) is 13.2 Å². The Bertz CT molecular complexity index is 165. The molecule has 2 unspecified atom stereocenters. The molecule has 0 aliphatic carbocycles. The number of ether oxygens (including phenoxy) is 2. The van der Waals surface area contributed by atoms with Crippen LogP contribution >= 0.6 is 0 Å². The number of nitrogens with one attached hydrogen (secondary N) is 1. The minimum absolute atomic E-state index is 0.0197. The van der Waals surface area contributed by atoms with Gasteiger partial charge in [0.25, 0.3) is 6.30 Å². The molecule has 1 amide bonds. The molecular weight excluding hydrogens is 165 g/mol. The van der Waals surface area contributed by atoms with Crippen LogP contribution in [-0.4, -0.2) is 38.8 Å². The highest BCUT2D eigenvalue weighted by molar-refractivity contribution is 5.56. The number of rotatable bonds is 1. The van der Waals surface area contributed by atoms with E-state index in [0.717, 1.165) is 0 Å². The topological polar surface area (TPSA) is 40.0 Å². The Morgan fingerprint density at radius 1 is 1.83 bits per heavy atom. The summed E-state index contributed by atoms with van der Waals surface area (Å²) < 4.78 is 22.5. The molecular formula is C7H13FNO3+. The minimum Gasteiger partial charge on any atom is -0.420 e. The fourth-order valence-corrected chi connectivity index (χ4v) is 1.08. The molecule has 1 rings (SSSR count). The van der Waals surface area contributed by atoms with Gasteiger partial charge in [-0.15, -0.1) is 0 Å². The Hall–Kier alpha value is -0.680. The number of halogens is 1. The van der Waals surface area contributed by atoms with Gasteiger partial charge in [0.15, 0.2) is 0 Å². The van der Waals surface area contributed by atoms with Crippen LogP contribution in [0.25, 0.3) is 0 Å². The van der Waals surface area contributed by atoms with Crippen LogP contribution < -0.4 is 4.90 Å². The highest BCUT2D eigenvalue weighted by atomic mass is 19.1. The van der Waals surface area contributed by atoms with E-state index in [4.69, 9.17) is 4.74 Å². The standard InChI is InChI=1S/C7H12FNO3/c1-2-12-7(10)9-3-4-11-5-6(9)8/h6H,2-5H2,1H3/p+1. The van der Waals surface area contributed by atoms with Gasteiger partial charge in [-0.2, -0.15) is 9.18 Å².